The third-order valence-corrected chi connectivity index (χ3v) is 10.8. The van der Waals surface area contributed by atoms with Crippen LogP contribution in [0.4, 0.5) is 0 Å². The molecule has 0 aliphatic rings. The second kappa shape index (κ2) is 10.9. The summed E-state index contributed by atoms with van der Waals surface area (Å²) in [5.74, 6) is 0. The molecule has 1 nitrogen and oxygen atoms in total. The second-order valence-electron chi connectivity index (χ2n) is 13.7. The van der Waals surface area contributed by atoms with Gasteiger partial charge in [-0.25, -0.2) is 0 Å². The maximum absolute atomic E-state index is 6.32. The smallest absolute Gasteiger partial charge is 0.135 e. The van der Waals surface area contributed by atoms with Crippen LogP contribution in [0, 0.1) is 0 Å². The van der Waals surface area contributed by atoms with E-state index < -0.39 is 0 Å². The number of hydrogen-bond acceptors (Lipinski definition) is 1. The minimum absolute atomic E-state index is 0.908. The Morgan fingerprint density at radius 1 is 0.235 bits per heavy atom. The van der Waals surface area contributed by atoms with Gasteiger partial charge in [-0.3, -0.25) is 0 Å². The molecule has 0 amide bonds. The zero-order valence-electron chi connectivity index (χ0n) is 27.7. The van der Waals surface area contributed by atoms with Gasteiger partial charge in [-0.15, -0.1) is 0 Å². The van der Waals surface area contributed by atoms with E-state index in [0.29, 0.717) is 0 Å². The predicted octanol–water partition coefficient (Wildman–Crippen LogP) is 14.4. The monoisotopic (exact) mass is 646 g/mol. The molecule has 0 saturated carbocycles. The zero-order valence-corrected chi connectivity index (χ0v) is 27.7. The molecule has 1 heterocycles. The number of rotatable bonds is 3. The van der Waals surface area contributed by atoms with Crippen molar-refractivity contribution in [1.29, 1.82) is 0 Å². The van der Waals surface area contributed by atoms with Crippen LogP contribution in [-0.4, -0.2) is 0 Å². The van der Waals surface area contributed by atoms with Gasteiger partial charge in [-0.1, -0.05) is 140 Å². The minimum atomic E-state index is 0.908. The van der Waals surface area contributed by atoms with Crippen LogP contribution < -0.4 is 0 Å². The van der Waals surface area contributed by atoms with Crippen molar-refractivity contribution >= 4 is 75.8 Å². The first-order valence-electron chi connectivity index (χ1n) is 17.6. The van der Waals surface area contributed by atoms with Crippen LogP contribution in [0.25, 0.3) is 109 Å². The van der Waals surface area contributed by atoms with Gasteiger partial charge in [0.2, 0.25) is 0 Å². The van der Waals surface area contributed by atoms with E-state index in [9.17, 15) is 0 Å². The molecule has 0 aliphatic carbocycles. The standard InChI is InChI=1S/C50H30O/c1-2-10-39-31(8-1)9-7-15-40(39)38-22-25-50-48(30-38)47-29-37(21-24-49(47)51-50)35-19-17-32-26-34(18-16-33(32)27-35)36-20-23-45-43-13-4-3-11-41(43)42-12-5-6-14-44(42)46(45)28-36/h1-30H. The molecule has 1 heteroatoms. The van der Waals surface area contributed by atoms with Gasteiger partial charge in [0.15, 0.2) is 0 Å². The molecule has 10 aromatic carbocycles. The van der Waals surface area contributed by atoms with E-state index in [0.717, 1.165) is 21.9 Å². The lowest BCUT2D eigenvalue weighted by Gasteiger charge is -2.12. The molecule has 236 valence electrons. The van der Waals surface area contributed by atoms with Gasteiger partial charge >= 0.3 is 0 Å². The molecule has 0 radical (unpaired) electrons. The highest BCUT2D eigenvalue weighted by Gasteiger charge is 2.13. The number of fused-ring (bicyclic) bond motifs is 11. The van der Waals surface area contributed by atoms with E-state index >= 15 is 0 Å². The van der Waals surface area contributed by atoms with E-state index in [1.54, 1.807) is 0 Å². The molecule has 0 N–H and O–H groups in total. The Bertz CT molecular complexity index is 3160. The molecule has 0 unspecified atom stereocenters. The van der Waals surface area contributed by atoms with Gasteiger partial charge < -0.3 is 4.42 Å². The molecular weight excluding hydrogens is 617 g/mol. The van der Waals surface area contributed by atoms with Crippen LogP contribution in [0.5, 0.6) is 0 Å². The quantitative estimate of drug-likeness (QED) is 0.174. The average molecular weight is 647 g/mol. The molecule has 1 aromatic heterocycles. The van der Waals surface area contributed by atoms with Crippen molar-refractivity contribution in [2.45, 2.75) is 0 Å². The largest absolute Gasteiger partial charge is 0.456 e. The third kappa shape index (κ3) is 4.42. The molecule has 0 fully saturated rings. The fourth-order valence-electron chi connectivity index (χ4n) is 8.29. The summed E-state index contributed by atoms with van der Waals surface area (Å²) in [7, 11) is 0. The van der Waals surface area contributed by atoms with Crippen molar-refractivity contribution < 1.29 is 4.42 Å². The summed E-state index contributed by atoms with van der Waals surface area (Å²) in [6, 6.07) is 66.4. The molecule has 0 bridgehead atoms. The Hall–Kier alpha value is -6.70. The molecule has 11 aromatic rings. The summed E-state index contributed by atoms with van der Waals surface area (Å²) in [4.78, 5) is 0. The Kier molecular flexibility index (Phi) is 6.02. The zero-order chi connectivity index (χ0) is 33.5. The molecular formula is C50H30O. The Balaban J connectivity index is 0.984. The van der Waals surface area contributed by atoms with Gasteiger partial charge in [-0.05, 0) is 130 Å². The lowest BCUT2D eigenvalue weighted by atomic mass is 9.91. The minimum Gasteiger partial charge on any atom is -0.456 e. The number of furan rings is 1. The fourth-order valence-corrected chi connectivity index (χ4v) is 8.29. The van der Waals surface area contributed by atoms with Gasteiger partial charge in [0.25, 0.3) is 0 Å². The lowest BCUT2D eigenvalue weighted by molar-refractivity contribution is 0.669. The van der Waals surface area contributed by atoms with Crippen LogP contribution in [0.15, 0.2) is 186 Å². The number of hydrogen-bond donors (Lipinski definition) is 0. The van der Waals surface area contributed by atoms with Crippen molar-refractivity contribution in [3.05, 3.63) is 182 Å². The molecule has 0 saturated heterocycles. The highest BCUT2D eigenvalue weighted by Crippen LogP contribution is 2.39. The van der Waals surface area contributed by atoms with Crippen LogP contribution in [0.2, 0.25) is 0 Å². The van der Waals surface area contributed by atoms with E-state index in [1.807, 2.05) is 0 Å². The molecule has 0 atom stereocenters. The SMILES string of the molecule is c1ccc2c(-c3ccc4oc5ccc(-c6ccc7cc(-c8ccc9c%10ccccc%10c%10ccccc%10c9c8)ccc7c6)cc5c4c3)cccc2c1. The predicted molar refractivity (Wildman–Crippen MR) is 218 cm³/mol. The maximum Gasteiger partial charge on any atom is 0.135 e. The Labute approximate surface area is 294 Å². The van der Waals surface area contributed by atoms with Crippen LogP contribution >= 0.6 is 0 Å². The van der Waals surface area contributed by atoms with Gasteiger partial charge in [-0.2, -0.15) is 0 Å². The first-order valence-corrected chi connectivity index (χ1v) is 17.6. The van der Waals surface area contributed by atoms with Crippen molar-refractivity contribution in [1.82, 2.24) is 0 Å². The highest BCUT2D eigenvalue weighted by molar-refractivity contribution is 6.25. The van der Waals surface area contributed by atoms with Crippen molar-refractivity contribution in [2.75, 3.05) is 0 Å². The normalized spacial score (nSPS) is 11.9. The first-order chi connectivity index (χ1) is 25.2. The topological polar surface area (TPSA) is 13.1 Å². The van der Waals surface area contributed by atoms with E-state index in [4.69, 9.17) is 4.42 Å². The Morgan fingerprint density at radius 3 is 1.31 bits per heavy atom. The van der Waals surface area contributed by atoms with Crippen molar-refractivity contribution in [3.63, 3.8) is 0 Å². The Morgan fingerprint density at radius 2 is 0.667 bits per heavy atom. The fraction of sp³-hybridized carbons (Fsp3) is 0. The van der Waals surface area contributed by atoms with Crippen molar-refractivity contribution in [3.8, 4) is 33.4 Å². The summed E-state index contributed by atoms with van der Waals surface area (Å²) < 4.78 is 6.32. The summed E-state index contributed by atoms with van der Waals surface area (Å²) in [5, 5.41) is 15.0. The molecule has 51 heavy (non-hydrogen) atoms. The van der Waals surface area contributed by atoms with Gasteiger partial charge in [0, 0.05) is 10.8 Å². The van der Waals surface area contributed by atoms with E-state index in [-0.39, 0.29) is 0 Å². The maximum atomic E-state index is 6.32. The third-order valence-electron chi connectivity index (χ3n) is 10.8. The highest BCUT2D eigenvalue weighted by atomic mass is 16.3. The summed E-state index contributed by atoms with van der Waals surface area (Å²) in [6.07, 6.45) is 0. The lowest BCUT2D eigenvalue weighted by Crippen LogP contribution is -1.85. The summed E-state index contributed by atoms with van der Waals surface area (Å²) in [6.45, 7) is 0. The van der Waals surface area contributed by atoms with Crippen LogP contribution in [-0.2, 0) is 0 Å². The van der Waals surface area contributed by atoms with Crippen LogP contribution in [0.3, 0.4) is 0 Å². The molecule has 0 spiro atoms. The summed E-state index contributed by atoms with van der Waals surface area (Å²) >= 11 is 0. The average Bonchev–Trinajstić information content (AvgIpc) is 3.57. The van der Waals surface area contributed by atoms with Gasteiger partial charge in [0.1, 0.15) is 11.2 Å². The summed E-state index contributed by atoms with van der Waals surface area (Å²) in [5.41, 5.74) is 9.08. The van der Waals surface area contributed by atoms with Gasteiger partial charge in [0.05, 0.1) is 0 Å². The number of benzene rings is 10. The molecule has 0 aliphatic heterocycles. The van der Waals surface area contributed by atoms with Crippen LogP contribution in [0.1, 0.15) is 0 Å². The second-order valence-corrected chi connectivity index (χ2v) is 13.7. The first kappa shape index (κ1) is 28.2. The van der Waals surface area contributed by atoms with E-state index in [2.05, 4.69) is 182 Å². The molecule has 11 rings (SSSR count). The van der Waals surface area contributed by atoms with E-state index in [1.165, 1.54) is 87.2 Å². The van der Waals surface area contributed by atoms with Crippen molar-refractivity contribution in [2.24, 2.45) is 0 Å².